The molecule has 0 spiro atoms. The van der Waals surface area contributed by atoms with Crippen molar-refractivity contribution in [2.45, 2.75) is 32.4 Å². The zero-order chi connectivity index (χ0) is 23.5. The lowest BCUT2D eigenvalue weighted by Gasteiger charge is -2.25. The number of thiazole rings is 1. The summed E-state index contributed by atoms with van der Waals surface area (Å²) in [5.74, 6) is -0.267. The Hall–Kier alpha value is -3.21. The highest BCUT2D eigenvalue weighted by Gasteiger charge is 2.21. The number of rotatable bonds is 5. The third kappa shape index (κ3) is 4.70. The fourth-order valence-electron chi connectivity index (χ4n) is 4.37. The van der Waals surface area contributed by atoms with Gasteiger partial charge in [-0.15, -0.1) is 0 Å². The number of nitrogens with one attached hydrogen (secondary N) is 3. The number of benzene rings is 1. The zero-order valence-electron chi connectivity index (χ0n) is 18.9. The summed E-state index contributed by atoms with van der Waals surface area (Å²) >= 11 is 1.38. The molecule has 1 aromatic carbocycles. The Bertz CT molecular complexity index is 1230. The normalized spacial score (nSPS) is 16.4. The first kappa shape index (κ1) is 22.6. The fourth-order valence-corrected chi connectivity index (χ4v) is 5.34. The van der Waals surface area contributed by atoms with Gasteiger partial charge in [-0.1, -0.05) is 24.0 Å². The minimum atomic E-state index is -0.366. The number of piperidine rings is 1. The number of amides is 2. The summed E-state index contributed by atoms with van der Waals surface area (Å²) in [7, 11) is 0. The minimum Gasteiger partial charge on any atom is -0.360 e. The van der Waals surface area contributed by atoms with Gasteiger partial charge in [0.15, 0.2) is 10.9 Å². The summed E-state index contributed by atoms with van der Waals surface area (Å²) < 4.78 is 7.82. The Morgan fingerprint density at radius 1 is 1.15 bits per heavy atom. The van der Waals surface area contributed by atoms with Crippen LogP contribution in [0.3, 0.4) is 0 Å². The number of anilines is 3. The molecular formula is C24H28N6O3S. The molecule has 3 N–H and O–H groups in total. The number of carbonyl (C=O) groups is 2. The van der Waals surface area contributed by atoms with Crippen LogP contribution in [0.4, 0.5) is 16.0 Å². The maximum absolute atomic E-state index is 13.2. The van der Waals surface area contributed by atoms with Crippen LogP contribution in [0.5, 0.6) is 0 Å². The molecule has 4 heterocycles. The van der Waals surface area contributed by atoms with Crippen molar-refractivity contribution in [1.29, 1.82) is 0 Å². The van der Waals surface area contributed by atoms with Gasteiger partial charge in [0.2, 0.25) is 5.91 Å². The van der Waals surface area contributed by atoms with E-state index in [1.807, 2.05) is 18.2 Å². The molecule has 0 unspecified atom stereocenters. The molecule has 9 nitrogen and oxygen atoms in total. The highest BCUT2D eigenvalue weighted by atomic mass is 32.1. The second-order valence-corrected chi connectivity index (χ2v) is 9.40. The van der Waals surface area contributed by atoms with Gasteiger partial charge in [-0.25, -0.2) is 4.98 Å². The van der Waals surface area contributed by atoms with Gasteiger partial charge in [-0.05, 0) is 48.9 Å². The van der Waals surface area contributed by atoms with Crippen LogP contribution in [0.2, 0.25) is 0 Å². The Morgan fingerprint density at radius 3 is 2.82 bits per heavy atom. The summed E-state index contributed by atoms with van der Waals surface area (Å²) in [6.07, 6.45) is 4.62. The number of ether oxygens (including phenoxy) is 1. The smallest absolute Gasteiger partial charge is 0.256 e. The van der Waals surface area contributed by atoms with E-state index in [1.165, 1.54) is 23.8 Å². The average molecular weight is 481 g/mol. The Kier molecular flexibility index (Phi) is 6.61. The van der Waals surface area contributed by atoms with E-state index in [1.54, 1.807) is 0 Å². The van der Waals surface area contributed by atoms with Crippen molar-refractivity contribution in [3.63, 3.8) is 0 Å². The van der Waals surface area contributed by atoms with E-state index in [0.717, 1.165) is 60.7 Å². The van der Waals surface area contributed by atoms with E-state index in [2.05, 4.69) is 43.0 Å². The first-order valence-electron chi connectivity index (χ1n) is 11.5. The second-order valence-electron chi connectivity index (χ2n) is 8.42. The number of carbonyl (C=O) groups excluding carboxylic acids is 2. The first-order valence-corrected chi connectivity index (χ1v) is 12.4. The summed E-state index contributed by atoms with van der Waals surface area (Å²) in [5, 5.41) is 11.3. The molecule has 10 heteroatoms. The number of fused-ring (bicyclic) bond motifs is 3. The summed E-state index contributed by atoms with van der Waals surface area (Å²) in [6.45, 7) is 8.01. The molecule has 5 rings (SSSR count). The van der Waals surface area contributed by atoms with Crippen molar-refractivity contribution in [2.24, 2.45) is 0 Å². The summed E-state index contributed by atoms with van der Waals surface area (Å²) in [6, 6.07) is 7.80. The number of hydrogen-bond acceptors (Lipinski definition) is 7. The molecular weight excluding hydrogens is 452 g/mol. The average Bonchev–Trinajstić information content (AvgIpc) is 3.39. The Labute approximate surface area is 201 Å². The van der Waals surface area contributed by atoms with E-state index < -0.39 is 0 Å². The van der Waals surface area contributed by atoms with Gasteiger partial charge >= 0.3 is 0 Å². The second kappa shape index (κ2) is 9.96. The molecule has 0 atom stereocenters. The molecule has 1 saturated heterocycles. The molecule has 2 aromatic heterocycles. The maximum Gasteiger partial charge on any atom is 0.256 e. The molecule has 2 aliphatic rings. The lowest BCUT2D eigenvalue weighted by molar-refractivity contribution is -0.111. The van der Waals surface area contributed by atoms with Crippen LogP contribution in [-0.2, 0) is 22.7 Å². The third-order valence-electron chi connectivity index (χ3n) is 6.12. The summed E-state index contributed by atoms with van der Waals surface area (Å²) in [4.78, 5) is 32.0. The fraction of sp³-hybridized carbons (Fsp3) is 0.375. The van der Waals surface area contributed by atoms with Gasteiger partial charge in [-0.2, -0.15) is 0 Å². The van der Waals surface area contributed by atoms with Crippen molar-refractivity contribution in [2.75, 3.05) is 41.9 Å². The standard InChI is InChI=1S/C24H28N6O3S/c1-2-20(31)26-21-23(34-24(27-21)29-9-4-3-5-10-29)28-22(32)17-7-6-16-12-18-14-33-15-25-8-11-30(18)19(16)13-17/h2,6-7,12-13,25H,1,3-5,8-11,14-15H2,(H,26,31)(H,28,32). The van der Waals surface area contributed by atoms with Crippen LogP contribution in [-0.4, -0.2) is 47.7 Å². The highest BCUT2D eigenvalue weighted by Crippen LogP contribution is 2.36. The van der Waals surface area contributed by atoms with Crippen molar-refractivity contribution in [1.82, 2.24) is 14.9 Å². The minimum absolute atomic E-state index is 0.249. The van der Waals surface area contributed by atoms with Crippen LogP contribution < -0.4 is 20.9 Å². The molecule has 0 radical (unpaired) electrons. The van der Waals surface area contributed by atoms with E-state index in [4.69, 9.17) is 4.74 Å². The molecule has 1 fully saturated rings. The monoisotopic (exact) mass is 480 g/mol. The molecule has 178 valence electrons. The van der Waals surface area contributed by atoms with E-state index in [-0.39, 0.29) is 11.8 Å². The zero-order valence-corrected chi connectivity index (χ0v) is 19.7. The number of aromatic nitrogens is 2. The molecule has 34 heavy (non-hydrogen) atoms. The number of nitrogens with zero attached hydrogens (tertiary/aromatic N) is 3. The van der Waals surface area contributed by atoms with Crippen LogP contribution in [0.15, 0.2) is 36.9 Å². The van der Waals surface area contributed by atoms with Crippen molar-refractivity contribution in [3.8, 4) is 0 Å². The van der Waals surface area contributed by atoms with Gasteiger partial charge in [0.25, 0.3) is 5.91 Å². The molecule has 3 aromatic rings. The molecule has 2 amide bonds. The van der Waals surface area contributed by atoms with E-state index in [9.17, 15) is 9.59 Å². The van der Waals surface area contributed by atoms with Crippen LogP contribution in [0.1, 0.15) is 35.3 Å². The Morgan fingerprint density at radius 2 is 2.00 bits per heavy atom. The largest absolute Gasteiger partial charge is 0.360 e. The SMILES string of the molecule is C=CC(=O)Nc1nc(N2CCCCC2)sc1NC(=O)c1ccc2cc3n(c2c1)CCNCOC3. The van der Waals surface area contributed by atoms with Gasteiger partial charge < -0.3 is 24.8 Å². The lowest BCUT2D eigenvalue weighted by atomic mass is 10.1. The van der Waals surface area contributed by atoms with Crippen molar-refractivity contribution in [3.05, 3.63) is 48.2 Å². The Balaban J connectivity index is 1.42. The lowest BCUT2D eigenvalue weighted by Crippen LogP contribution is -2.29. The quantitative estimate of drug-likeness (QED) is 0.483. The third-order valence-corrected chi connectivity index (χ3v) is 7.15. The predicted octanol–water partition coefficient (Wildman–Crippen LogP) is 3.54. The van der Waals surface area contributed by atoms with E-state index >= 15 is 0 Å². The van der Waals surface area contributed by atoms with E-state index in [0.29, 0.717) is 29.7 Å². The van der Waals surface area contributed by atoms with Crippen LogP contribution >= 0.6 is 11.3 Å². The molecule has 0 saturated carbocycles. The number of hydrogen-bond donors (Lipinski definition) is 3. The van der Waals surface area contributed by atoms with Gasteiger partial charge in [0.05, 0.1) is 13.3 Å². The van der Waals surface area contributed by atoms with Gasteiger partial charge in [-0.3, -0.25) is 14.9 Å². The van der Waals surface area contributed by atoms with Crippen LogP contribution in [0, 0.1) is 0 Å². The maximum atomic E-state index is 13.2. The van der Waals surface area contributed by atoms with Gasteiger partial charge in [0.1, 0.15) is 5.00 Å². The van der Waals surface area contributed by atoms with Gasteiger partial charge in [0, 0.05) is 43.0 Å². The van der Waals surface area contributed by atoms with Crippen molar-refractivity contribution < 1.29 is 14.3 Å². The predicted molar refractivity (Wildman–Crippen MR) is 135 cm³/mol. The van der Waals surface area contributed by atoms with Crippen LogP contribution in [0.25, 0.3) is 10.9 Å². The molecule has 0 bridgehead atoms. The van der Waals surface area contributed by atoms with Crippen molar-refractivity contribution >= 4 is 50.0 Å². The topological polar surface area (TPSA) is 101 Å². The molecule has 2 aliphatic heterocycles. The highest BCUT2D eigenvalue weighted by molar-refractivity contribution is 7.20. The summed E-state index contributed by atoms with van der Waals surface area (Å²) in [5.41, 5.74) is 2.63. The molecule has 0 aliphatic carbocycles. The first-order chi connectivity index (χ1) is 16.6.